The third kappa shape index (κ3) is 2.97. The number of carboxylic acid groups (broad SMARTS) is 1. The SMILES string of the molecule is O=C(O)c1ccc(C(F)(F)F)c(F)c1OCC1CC1. The molecule has 19 heavy (non-hydrogen) atoms. The second-order valence-electron chi connectivity index (χ2n) is 4.36. The van der Waals surface area contributed by atoms with Crippen molar-refractivity contribution in [1.29, 1.82) is 0 Å². The second kappa shape index (κ2) is 4.71. The van der Waals surface area contributed by atoms with Crippen molar-refractivity contribution in [3.63, 3.8) is 0 Å². The van der Waals surface area contributed by atoms with Gasteiger partial charge >= 0.3 is 12.1 Å². The predicted molar refractivity (Wildman–Crippen MR) is 56.6 cm³/mol. The van der Waals surface area contributed by atoms with E-state index in [0.717, 1.165) is 12.8 Å². The van der Waals surface area contributed by atoms with Gasteiger partial charge in [0.15, 0.2) is 11.6 Å². The maximum atomic E-state index is 13.8. The van der Waals surface area contributed by atoms with Crippen LogP contribution >= 0.6 is 0 Å². The number of ether oxygens (including phenoxy) is 1. The summed E-state index contributed by atoms with van der Waals surface area (Å²) >= 11 is 0. The summed E-state index contributed by atoms with van der Waals surface area (Å²) in [6, 6.07) is 1.11. The number of hydrogen-bond donors (Lipinski definition) is 1. The Morgan fingerprint density at radius 3 is 2.47 bits per heavy atom. The van der Waals surface area contributed by atoms with E-state index in [-0.39, 0.29) is 12.5 Å². The highest BCUT2D eigenvalue weighted by Crippen LogP contribution is 2.38. The Morgan fingerprint density at radius 2 is 2.00 bits per heavy atom. The van der Waals surface area contributed by atoms with Crippen LogP contribution in [0.25, 0.3) is 0 Å². The molecule has 0 atom stereocenters. The van der Waals surface area contributed by atoms with Gasteiger partial charge in [-0.15, -0.1) is 0 Å². The summed E-state index contributed by atoms with van der Waals surface area (Å²) in [5.74, 6) is -3.88. The molecule has 1 aromatic rings. The summed E-state index contributed by atoms with van der Waals surface area (Å²) in [6.45, 7) is 0.0263. The summed E-state index contributed by atoms with van der Waals surface area (Å²) in [6.07, 6.45) is -3.19. The van der Waals surface area contributed by atoms with E-state index < -0.39 is 34.8 Å². The molecule has 0 spiro atoms. The summed E-state index contributed by atoms with van der Waals surface area (Å²) in [5.41, 5.74) is -2.13. The molecule has 1 saturated carbocycles. The van der Waals surface area contributed by atoms with Crippen molar-refractivity contribution in [2.45, 2.75) is 19.0 Å². The summed E-state index contributed by atoms with van der Waals surface area (Å²) < 4.78 is 56.3. The lowest BCUT2D eigenvalue weighted by atomic mass is 10.1. The smallest absolute Gasteiger partial charge is 0.419 e. The van der Waals surface area contributed by atoms with Crippen molar-refractivity contribution in [3.05, 3.63) is 29.1 Å². The number of hydrogen-bond acceptors (Lipinski definition) is 2. The first-order valence-corrected chi connectivity index (χ1v) is 5.56. The molecule has 0 saturated heterocycles. The molecule has 1 N–H and O–H groups in total. The van der Waals surface area contributed by atoms with E-state index >= 15 is 0 Å². The molecular weight excluding hydrogens is 268 g/mol. The Balaban J connectivity index is 2.40. The molecule has 0 radical (unpaired) electrons. The molecule has 0 aliphatic heterocycles. The molecule has 0 aromatic heterocycles. The van der Waals surface area contributed by atoms with Crippen LogP contribution in [-0.4, -0.2) is 17.7 Å². The lowest BCUT2D eigenvalue weighted by Crippen LogP contribution is -2.14. The van der Waals surface area contributed by atoms with Gasteiger partial charge in [-0.25, -0.2) is 9.18 Å². The molecule has 1 aliphatic carbocycles. The highest BCUT2D eigenvalue weighted by molar-refractivity contribution is 5.91. The second-order valence-corrected chi connectivity index (χ2v) is 4.36. The number of rotatable bonds is 4. The minimum absolute atomic E-state index is 0.0263. The summed E-state index contributed by atoms with van der Waals surface area (Å²) in [7, 11) is 0. The molecule has 0 heterocycles. The van der Waals surface area contributed by atoms with Crippen molar-refractivity contribution in [2.75, 3.05) is 6.61 Å². The van der Waals surface area contributed by atoms with Gasteiger partial charge in [-0.05, 0) is 30.9 Å². The molecule has 3 nitrogen and oxygen atoms in total. The largest absolute Gasteiger partial charge is 0.489 e. The predicted octanol–water partition coefficient (Wildman–Crippen LogP) is 3.33. The van der Waals surface area contributed by atoms with Gasteiger partial charge in [-0.1, -0.05) is 0 Å². The fourth-order valence-corrected chi connectivity index (χ4v) is 1.57. The minimum atomic E-state index is -4.89. The Kier molecular flexibility index (Phi) is 3.38. The molecule has 104 valence electrons. The van der Waals surface area contributed by atoms with Gasteiger partial charge in [0, 0.05) is 0 Å². The zero-order valence-electron chi connectivity index (χ0n) is 9.63. The van der Waals surface area contributed by atoms with E-state index in [1.54, 1.807) is 0 Å². The number of halogens is 4. The van der Waals surface area contributed by atoms with Crippen LogP contribution in [0.15, 0.2) is 12.1 Å². The molecule has 0 unspecified atom stereocenters. The van der Waals surface area contributed by atoms with Crippen LogP contribution < -0.4 is 4.74 Å². The van der Waals surface area contributed by atoms with Crippen molar-refractivity contribution < 1.29 is 32.2 Å². The van der Waals surface area contributed by atoms with E-state index in [1.165, 1.54) is 0 Å². The van der Waals surface area contributed by atoms with E-state index in [4.69, 9.17) is 9.84 Å². The summed E-state index contributed by atoms with van der Waals surface area (Å²) in [5, 5.41) is 8.84. The van der Waals surface area contributed by atoms with Crippen molar-refractivity contribution in [3.8, 4) is 5.75 Å². The third-order valence-electron chi connectivity index (χ3n) is 2.79. The Labute approximate surface area is 105 Å². The van der Waals surface area contributed by atoms with Crippen molar-refractivity contribution >= 4 is 5.97 Å². The molecule has 0 amide bonds. The fraction of sp³-hybridized carbons (Fsp3) is 0.417. The lowest BCUT2D eigenvalue weighted by Gasteiger charge is -2.14. The quantitative estimate of drug-likeness (QED) is 0.859. The van der Waals surface area contributed by atoms with E-state index in [0.29, 0.717) is 12.1 Å². The zero-order chi connectivity index (χ0) is 14.2. The fourth-order valence-electron chi connectivity index (χ4n) is 1.57. The lowest BCUT2D eigenvalue weighted by molar-refractivity contribution is -0.140. The Hall–Kier alpha value is -1.79. The average Bonchev–Trinajstić information content (AvgIpc) is 3.08. The Morgan fingerprint density at radius 1 is 1.37 bits per heavy atom. The van der Waals surface area contributed by atoms with Crippen LogP contribution in [0.2, 0.25) is 0 Å². The van der Waals surface area contributed by atoms with Crippen LogP contribution in [-0.2, 0) is 6.18 Å². The number of benzene rings is 1. The number of aromatic carboxylic acids is 1. The standard InChI is InChI=1S/C12H10F4O3/c13-9-8(12(14,15)16)4-3-7(11(17)18)10(9)19-5-6-1-2-6/h3-4,6H,1-2,5H2,(H,17,18). The van der Waals surface area contributed by atoms with Gasteiger partial charge < -0.3 is 9.84 Å². The van der Waals surface area contributed by atoms with Crippen LogP contribution in [0, 0.1) is 11.7 Å². The van der Waals surface area contributed by atoms with E-state index in [2.05, 4.69) is 0 Å². The molecule has 7 heteroatoms. The zero-order valence-corrected chi connectivity index (χ0v) is 9.63. The van der Waals surface area contributed by atoms with Crippen molar-refractivity contribution in [2.24, 2.45) is 5.92 Å². The minimum Gasteiger partial charge on any atom is -0.489 e. The van der Waals surface area contributed by atoms with Crippen LogP contribution in [0.1, 0.15) is 28.8 Å². The first-order chi connectivity index (χ1) is 8.80. The van der Waals surface area contributed by atoms with Gasteiger partial charge in [0.25, 0.3) is 0 Å². The van der Waals surface area contributed by atoms with Gasteiger partial charge in [-0.2, -0.15) is 13.2 Å². The van der Waals surface area contributed by atoms with Gasteiger partial charge in [0.1, 0.15) is 5.56 Å². The van der Waals surface area contributed by atoms with E-state index in [1.807, 2.05) is 0 Å². The van der Waals surface area contributed by atoms with Crippen LogP contribution in [0.3, 0.4) is 0 Å². The number of alkyl halides is 3. The number of carbonyl (C=O) groups is 1. The molecule has 2 rings (SSSR count). The van der Waals surface area contributed by atoms with Gasteiger partial charge in [0.2, 0.25) is 0 Å². The molecule has 0 bridgehead atoms. The molecule has 1 fully saturated rings. The normalized spacial score (nSPS) is 15.4. The highest BCUT2D eigenvalue weighted by Gasteiger charge is 2.37. The van der Waals surface area contributed by atoms with Crippen molar-refractivity contribution in [1.82, 2.24) is 0 Å². The third-order valence-corrected chi connectivity index (χ3v) is 2.79. The first kappa shape index (κ1) is 13.6. The maximum absolute atomic E-state index is 13.8. The summed E-state index contributed by atoms with van der Waals surface area (Å²) in [4.78, 5) is 10.9. The molecule has 1 aliphatic rings. The maximum Gasteiger partial charge on any atom is 0.419 e. The van der Waals surface area contributed by atoms with Crippen LogP contribution in [0.5, 0.6) is 5.75 Å². The number of carboxylic acids is 1. The molecular formula is C12H10F4O3. The topological polar surface area (TPSA) is 46.5 Å². The Bertz CT molecular complexity index is 506. The average molecular weight is 278 g/mol. The van der Waals surface area contributed by atoms with Gasteiger partial charge in [-0.3, -0.25) is 0 Å². The first-order valence-electron chi connectivity index (χ1n) is 5.56. The van der Waals surface area contributed by atoms with Gasteiger partial charge in [0.05, 0.1) is 12.2 Å². The van der Waals surface area contributed by atoms with E-state index in [9.17, 15) is 22.4 Å². The monoisotopic (exact) mass is 278 g/mol. The molecule has 1 aromatic carbocycles. The van der Waals surface area contributed by atoms with Crippen LogP contribution in [0.4, 0.5) is 17.6 Å². The highest BCUT2D eigenvalue weighted by atomic mass is 19.4.